The molecule has 3 rings (SSSR count). The molecule has 0 saturated heterocycles. The summed E-state index contributed by atoms with van der Waals surface area (Å²) in [7, 11) is 0. The fourth-order valence-electron chi connectivity index (χ4n) is 1.85. The second kappa shape index (κ2) is 2.70. The molecule has 0 amide bonds. The molecule has 4 heteroatoms. The molecular weight excluding hydrogens is 194 g/mol. The fraction of sp³-hybridized carbons (Fsp3) is 0.0909. The minimum absolute atomic E-state index is 0.00597. The highest BCUT2D eigenvalue weighted by molar-refractivity contribution is 6.03. The van der Waals surface area contributed by atoms with Crippen LogP contribution in [0.2, 0.25) is 0 Å². The van der Waals surface area contributed by atoms with Crippen molar-refractivity contribution in [3.63, 3.8) is 0 Å². The first-order valence-electron chi connectivity index (χ1n) is 4.57. The van der Waals surface area contributed by atoms with Gasteiger partial charge in [-0.2, -0.15) is 0 Å². The lowest BCUT2D eigenvalue weighted by Gasteiger charge is -2.18. The van der Waals surface area contributed by atoms with Gasteiger partial charge in [0.2, 0.25) is 0 Å². The van der Waals surface area contributed by atoms with Gasteiger partial charge in [-0.1, -0.05) is 12.1 Å². The second-order valence-electron chi connectivity index (χ2n) is 3.40. The highest BCUT2D eigenvalue weighted by Gasteiger charge is 2.20. The van der Waals surface area contributed by atoms with Crippen molar-refractivity contribution < 1.29 is 9.53 Å². The van der Waals surface area contributed by atoms with Crippen LogP contribution in [0.5, 0.6) is 0 Å². The molecule has 0 saturated carbocycles. The van der Waals surface area contributed by atoms with Crippen LogP contribution in [0.3, 0.4) is 0 Å². The molecule has 1 aliphatic heterocycles. The van der Waals surface area contributed by atoms with E-state index in [1.165, 1.54) is 10.6 Å². The number of hydrogen-bond donors (Lipinski definition) is 0. The number of ether oxygens (including phenoxy) is 1. The number of rotatable bonds is 0. The third-order valence-electron chi connectivity index (χ3n) is 2.55. The van der Waals surface area contributed by atoms with Gasteiger partial charge in [-0.05, 0) is 17.5 Å². The Morgan fingerprint density at radius 2 is 2.00 bits per heavy atom. The molecule has 0 radical (unpaired) electrons. The normalized spacial score (nSPS) is 14.0. The van der Waals surface area contributed by atoms with Gasteiger partial charge in [0.1, 0.15) is 0 Å². The van der Waals surface area contributed by atoms with E-state index >= 15 is 0 Å². The molecule has 0 atom stereocenters. The summed E-state index contributed by atoms with van der Waals surface area (Å²) in [5.41, 5.74) is 0.972. The smallest absolute Gasteiger partial charge is 0.342 e. The molecule has 4 nitrogen and oxygen atoms in total. The Morgan fingerprint density at radius 3 is 2.87 bits per heavy atom. The van der Waals surface area contributed by atoms with Crippen LogP contribution in [0.25, 0.3) is 10.9 Å². The van der Waals surface area contributed by atoms with Crippen LogP contribution in [-0.2, 0) is 11.5 Å². The van der Waals surface area contributed by atoms with Gasteiger partial charge in [-0.3, -0.25) is 9.36 Å². The van der Waals surface area contributed by atoms with Crippen LogP contribution in [0, 0.1) is 0 Å². The summed E-state index contributed by atoms with van der Waals surface area (Å²) in [4.78, 5) is 23.0. The Kier molecular flexibility index (Phi) is 1.48. The number of esters is 1. The number of cyclic esters (lactones) is 1. The van der Waals surface area contributed by atoms with Gasteiger partial charge in [0.15, 0.2) is 6.73 Å². The van der Waals surface area contributed by atoms with Crippen molar-refractivity contribution in [2.24, 2.45) is 0 Å². The van der Waals surface area contributed by atoms with Crippen LogP contribution in [0.15, 0.2) is 35.1 Å². The summed E-state index contributed by atoms with van der Waals surface area (Å²) in [6.07, 6.45) is 0. The van der Waals surface area contributed by atoms with Gasteiger partial charge in [0, 0.05) is 6.07 Å². The topological polar surface area (TPSA) is 48.3 Å². The van der Waals surface area contributed by atoms with Crippen LogP contribution in [0.1, 0.15) is 10.4 Å². The van der Waals surface area contributed by atoms with Crippen LogP contribution in [0.4, 0.5) is 0 Å². The molecule has 74 valence electrons. The molecule has 2 heterocycles. The zero-order chi connectivity index (χ0) is 10.4. The Labute approximate surface area is 84.7 Å². The predicted octanol–water partition coefficient (Wildman–Crippen LogP) is 1.13. The number of para-hydroxylation sites is 1. The van der Waals surface area contributed by atoms with Gasteiger partial charge in [0.05, 0.1) is 11.1 Å². The van der Waals surface area contributed by atoms with Crippen LogP contribution >= 0.6 is 0 Å². The average Bonchev–Trinajstić information content (AvgIpc) is 2.26. The van der Waals surface area contributed by atoms with Crippen molar-refractivity contribution in [2.45, 2.75) is 6.73 Å². The van der Waals surface area contributed by atoms with Crippen LogP contribution in [-0.4, -0.2) is 10.5 Å². The van der Waals surface area contributed by atoms with Crippen molar-refractivity contribution in [1.82, 2.24) is 4.57 Å². The molecule has 1 aliphatic rings. The SMILES string of the molecule is O=C1OCn2c(=O)ccc3cccc1c32. The Morgan fingerprint density at radius 1 is 1.13 bits per heavy atom. The van der Waals surface area contributed by atoms with E-state index in [0.29, 0.717) is 11.1 Å². The molecule has 15 heavy (non-hydrogen) atoms. The van der Waals surface area contributed by atoms with Gasteiger partial charge in [-0.25, -0.2) is 4.79 Å². The maximum absolute atomic E-state index is 11.5. The number of aromatic nitrogens is 1. The van der Waals surface area contributed by atoms with E-state index in [9.17, 15) is 9.59 Å². The Balaban J connectivity index is 2.59. The number of nitrogens with zero attached hydrogens (tertiary/aromatic N) is 1. The van der Waals surface area contributed by atoms with Gasteiger partial charge in [0.25, 0.3) is 5.56 Å². The van der Waals surface area contributed by atoms with Crippen molar-refractivity contribution in [3.05, 3.63) is 46.2 Å². The van der Waals surface area contributed by atoms with Crippen LogP contribution < -0.4 is 5.56 Å². The fourth-order valence-corrected chi connectivity index (χ4v) is 1.85. The summed E-state index contributed by atoms with van der Waals surface area (Å²) in [5.74, 6) is -0.369. The number of carbonyl (C=O) groups is 1. The molecule has 2 aromatic rings. The maximum Gasteiger partial charge on any atom is 0.342 e. The lowest BCUT2D eigenvalue weighted by molar-refractivity contribution is 0.0346. The average molecular weight is 201 g/mol. The third kappa shape index (κ3) is 1.01. The number of benzene rings is 1. The Hall–Kier alpha value is -2.10. The minimum Gasteiger partial charge on any atom is -0.440 e. The molecule has 0 fully saturated rings. The molecule has 0 aliphatic carbocycles. The number of hydrogen-bond acceptors (Lipinski definition) is 3. The molecule has 1 aromatic heterocycles. The third-order valence-corrected chi connectivity index (χ3v) is 2.55. The zero-order valence-electron chi connectivity index (χ0n) is 7.77. The predicted molar refractivity (Wildman–Crippen MR) is 53.6 cm³/mol. The summed E-state index contributed by atoms with van der Waals surface area (Å²) < 4.78 is 6.36. The van der Waals surface area contributed by atoms with E-state index in [1.807, 2.05) is 6.07 Å². The standard InChI is InChI=1S/C11H7NO3/c13-9-5-4-7-2-1-3-8-10(7)12(9)6-15-11(8)14/h1-5H,6H2. The highest BCUT2D eigenvalue weighted by Crippen LogP contribution is 2.21. The lowest BCUT2D eigenvalue weighted by Crippen LogP contribution is -2.27. The molecule has 0 unspecified atom stereocenters. The van der Waals surface area contributed by atoms with E-state index in [0.717, 1.165) is 5.39 Å². The van der Waals surface area contributed by atoms with E-state index in [1.54, 1.807) is 18.2 Å². The molecule has 0 N–H and O–H groups in total. The molecular formula is C11H7NO3. The van der Waals surface area contributed by atoms with Crippen molar-refractivity contribution in [1.29, 1.82) is 0 Å². The maximum atomic E-state index is 11.5. The van der Waals surface area contributed by atoms with E-state index in [-0.39, 0.29) is 18.3 Å². The summed E-state index contributed by atoms with van der Waals surface area (Å²) in [6, 6.07) is 8.51. The number of pyridine rings is 1. The molecule has 1 aromatic carbocycles. The van der Waals surface area contributed by atoms with E-state index < -0.39 is 0 Å². The van der Waals surface area contributed by atoms with Gasteiger partial charge >= 0.3 is 5.97 Å². The first-order valence-corrected chi connectivity index (χ1v) is 4.57. The van der Waals surface area contributed by atoms with E-state index in [2.05, 4.69) is 0 Å². The number of carbonyl (C=O) groups excluding carboxylic acids is 1. The largest absolute Gasteiger partial charge is 0.440 e. The van der Waals surface area contributed by atoms with Gasteiger partial charge < -0.3 is 4.74 Å². The quantitative estimate of drug-likeness (QED) is 0.600. The first kappa shape index (κ1) is 8.23. The molecule has 0 spiro atoms. The Bertz CT molecular complexity index is 627. The van der Waals surface area contributed by atoms with E-state index in [4.69, 9.17) is 4.74 Å². The van der Waals surface area contributed by atoms with Gasteiger partial charge in [-0.15, -0.1) is 0 Å². The summed E-state index contributed by atoms with van der Waals surface area (Å²) in [5, 5.41) is 0.878. The molecule has 0 bridgehead atoms. The van der Waals surface area contributed by atoms with Crippen molar-refractivity contribution in [2.75, 3.05) is 0 Å². The highest BCUT2D eigenvalue weighted by atomic mass is 16.5. The summed E-state index contributed by atoms with van der Waals surface area (Å²) >= 11 is 0. The second-order valence-corrected chi connectivity index (χ2v) is 3.40. The van der Waals surface area contributed by atoms with Crippen molar-refractivity contribution >= 4 is 16.9 Å². The summed E-state index contributed by atoms with van der Waals surface area (Å²) in [6.45, 7) is 0.00597. The minimum atomic E-state index is -0.369. The zero-order valence-corrected chi connectivity index (χ0v) is 7.77. The first-order chi connectivity index (χ1) is 7.27. The van der Waals surface area contributed by atoms with Crippen molar-refractivity contribution in [3.8, 4) is 0 Å². The lowest BCUT2D eigenvalue weighted by atomic mass is 10.1. The monoisotopic (exact) mass is 201 g/mol.